The number of aliphatic hydroxyl groups is 1. The van der Waals surface area contributed by atoms with Crippen molar-refractivity contribution in [3.05, 3.63) is 48.0 Å². The lowest BCUT2D eigenvalue weighted by atomic mass is 10.2. The van der Waals surface area contributed by atoms with Crippen molar-refractivity contribution in [2.45, 2.75) is 19.1 Å². The number of ether oxygens (including phenoxy) is 4. The maximum Gasteiger partial charge on any atom is 0.252 e. The van der Waals surface area contributed by atoms with E-state index in [0.717, 1.165) is 5.75 Å². The van der Waals surface area contributed by atoms with Gasteiger partial charge >= 0.3 is 0 Å². The highest BCUT2D eigenvalue weighted by atomic mass is 16.5. The van der Waals surface area contributed by atoms with Gasteiger partial charge in [-0.1, -0.05) is 0 Å². The van der Waals surface area contributed by atoms with E-state index in [2.05, 4.69) is 5.32 Å². The van der Waals surface area contributed by atoms with Crippen molar-refractivity contribution in [3.63, 3.8) is 0 Å². The number of aromatic hydroxyl groups is 1. The van der Waals surface area contributed by atoms with Gasteiger partial charge in [-0.05, 0) is 49.4 Å². The van der Waals surface area contributed by atoms with Crippen LogP contribution in [-0.4, -0.2) is 68.3 Å². The van der Waals surface area contributed by atoms with Crippen LogP contribution in [0, 0.1) is 0 Å². The predicted octanol–water partition coefficient (Wildman–Crippen LogP) is 1.31. The molecule has 0 bridgehead atoms. The van der Waals surface area contributed by atoms with E-state index in [1.807, 2.05) is 6.92 Å². The molecule has 2 aromatic rings. The number of aliphatic hydroxyl groups excluding tert-OH is 1. The number of hydrogen-bond donors (Lipinski definition) is 4. The molecule has 0 heterocycles. The molecule has 9 nitrogen and oxygen atoms in total. The van der Waals surface area contributed by atoms with Crippen LogP contribution in [-0.2, 0) is 4.74 Å². The van der Waals surface area contributed by atoms with Crippen LogP contribution in [0.1, 0.15) is 17.3 Å². The summed E-state index contributed by atoms with van der Waals surface area (Å²) in [6.45, 7) is 3.71. The van der Waals surface area contributed by atoms with Gasteiger partial charge in [0.05, 0.1) is 12.2 Å². The molecule has 170 valence electrons. The van der Waals surface area contributed by atoms with Crippen LogP contribution in [0.3, 0.4) is 0 Å². The van der Waals surface area contributed by atoms with Crippen LogP contribution in [0.25, 0.3) is 0 Å². The van der Waals surface area contributed by atoms with Gasteiger partial charge in [0.1, 0.15) is 48.9 Å². The lowest BCUT2D eigenvalue weighted by Crippen LogP contribution is -2.42. The monoisotopic (exact) mass is 434 g/mol. The molecule has 2 rings (SSSR count). The molecule has 2 unspecified atom stereocenters. The Morgan fingerprint density at radius 3 is 2.26 bits per heavy atom. The van der Waals surface area contributed by atoms with Crippen LogP contribution in [0.15, 0.2) is 42.5 Å². The SMILES string of the molecule is COCCOc1ccc(OCC(O)C(C)NCCOc2ccc(O)c(C(N)=O)c2)cc1. The Morgan fingerprint density at radius 2 is 1.61 bits per heavy atom. The first-order valence-corrected chi connectivity index (χ1v) is 9.92. The van der Waals surface area contributed by atoms with Gasteiger partial charge in [0, 0.05) is 19.7 Å². The quantitative estimate of drug-likeness (QED) is 0.327. The molecule has 0 spiro atoms. The Kier molecular flexibility index (Phi) is 9.89. The van der Waals surface area contributed by atoms with Crippen molar-refractivity contribution in [3.8, 4) is 23.0 Å². The van der Waals surface area contributed by atoms with Crippen LogP contribution in [0.5, 0.6) is 23.0 Å². The van der Waals surface area contributed by atoms with E-state index in [0.29, 0.717) is 37.9 Å². The molecule has 0 saturated carbocycles. The summed E-state index contributed by atoms with van der Waals surface area (Å²) in [6, 6.07) is 11.2. The van der Waals surface area contributed by atoms with Crippen LogP contribution < -0.4 is 25.3 Å². The lowest BCUT2D eigenvalue weighted by molar-refractivity contribution is 0.0772. The average Bonchev–Trinajstić information content (AvgIpc) is 2.76. The number of methoxy groups -OCH3 is 1. The van der Waals surface area contributed by atoms with Crippen molar-refractivity contribution in [1.29, 1.82) is 0 Å². The minimum atomic E-state index is -0.730. The summed E-state index contributed by atoms with van der Waals surface area (Å²) < 4.78 is 21.6. The third-order valence-corrected chi connectivity index (χ3v) is 4.45. The first-order valence-electron chi connectivity index (χ1n) is 9.92. The van der Waals surface area contributed by atoms with E-state index in [9.17, 15) is 15.0 Å². The summed E-state index contributed by atoms with van der Waals surface area (Å²) in [5, 5.41) is 23.0. The number of nitrogens with two attached hydrogens (primary N) is 1. The fourth-order valence-electron chi connectivity index (χ4n) is 2.59. The first kappa shape index (κ1) is 24.3. The van der Waals surface area contributed by atoms with Gasteiger partial charge in [-0.2, -0.15) is 0 Å². The van der Waals surface area contributed by atoms with Crippen molar-refractivity contribution in [2.24, 2.45) is 5.73 Å². The molecule has 0 fully saturated rings. The van der Waals surface area contributed by atoms with E-state index in [4.69, 9.17) is 24.7 Å². The number of hydrogen-bond acceptors (Lipinski definition) is 8. The molecule has 0 aliphatic heterocycles. The summed E-state index contributed by atoms with van der Waals surface area (Å²) in [5.41, 5.74) is 5.20. The number of carbonyl (C=O) groups excluding carboxylic acids is 1. The average molecular weight is 434 g/mol. The lowest BCUT2D eigenvalue weighted by Gasteiger charge is -2.21. The van der Waals surface area contributed by atoms with Gasteiger partial charge in [-0.15, -0.1) is 0 Å². The summed E-state index contributed by atoms with van der Waals surface area (Å²) in [6.07, 6.45) is -0.729. The Labute approximate surface area is 181 Å². The van der Waals surface area contributed by atoms with Gasteiger partial charge in [-0.3, -0.25) is 4.79 Å². The maximum absolute atomic E-state index is 11.2. The zero-order chi connectivity index (χ0) is 22.6. The first-order chi connectivity index (χ1) is 14.9. The number of rotatable bonds is 14. The molecule has 0 radical (unpaired) electrons. The van der Waals surface area contributed by atoms with Crippen LogP contribution >= 0.6 is 0 Å². The Hall–Kier alpha value is -3.01. The van der Waals surface area contributed by atoms with Crippen molar-refractivity contribution in [2.75, 3.05) is 40.1 Å². The van der Waals surface area contributed by atoms with Crippen LogP contribution in [0.4, 0.5) is 0 Å². The molecule has 0 aliphatic rings. The molecular weight excluding hydrogens is 404 g/mol. The van der Waals surface area contributed by atoms with Gasteiger partial charge in [0.15, 0.2) is 0 Å². The molecule has 2 aromatic carbocycles. The summed E-state index contributed by atoms with van der Waals surface area (Å²) >= 11 is 0. The number of phenols is 1. The molecule has 0 saturated heterocycles. The molecule has 2 atom stereocenters. The zero-order valence-corrected chi connectivity index (χ0v) is 17.7. The Bertz CT molecular complexity index is 814. The summed E-state index contributed by atoms with van der Waals surface area (Å²) in [4.78, 5) is 11.2. The van der Waals surface area contributed by atoms with E-state index in [-0.39, 0.29) is 24.0 Å². The standard InChI is InChI=1S/C22H30N2O7/c1-15(24-9-10-29-18-7-8-20(25)19(13-18)22(23)27)21(26)14-31-17-5-3-16(4-6-17)30-12-11-28-2/h3-8,13,15,21,24-26H,9-12,14H2,1-2H3,(H2,23,27). The van der Waals surface area contributed by atoms with Gasteiger partial charge in [0.25, 0.3) is 5.91 Å². The summed E-state index contributed by atoms with van der Waals surface area (Å²) in [5.74, 6) is 0.844. The smallest absolute Gasteiger partial charge is 0.252 e. The van der Waals surface area contributed by atoms with Crippen molar-refractivity contribution in [1.82, 2.24) is 5.32 Å². The second kappa shape index (κ2) is 12.6. The van der Waals surface area contributed by atoms with E-state index in [1.54, 1.807) is 37.4 Å². The number of primary amides is 1. The summed E-state index contributed by atoms with van der Waals surface area (Å²) in [7, 11) is 1.62. The minimum Gasteiger partial charge on any atom is -0.507 e. The fraction of sp³-hybridized carbons (Fsp3) is 0.409. The molecular formula is C22H30N2O7. The third-order valence-electron chi connectivity index (χ3n) is 4.45. The predicted molar refractivity (Wildman–Crippen MR) is 115 cm³/mol. The van der Waals surface area contributed by atoms with Gasteiger partial charge in [0.2, 0.25) is 0 Å². The largest absolute Gasteiger partial charge is 0.507 e. The van der Waals surface area contributed by atoms with Crippen molar-refractivity contribution >= 4 is 5.91 Å². The second-order valence-corrected chi connectivity index (χ2v) is 6.83. The van der Waals surface area contributed by atoms with Crippen LogP contribution in [0.2, 0.25) is 0 Å². The Morgan fingerprint density at radius 1 is 1.00 bits per heavy atom. The highest BCUT2D eigenvalue weighted by Gasteiger charge is 2.15. The third kappa shape index (κ3) is 8.33. The highest BCUT2D eigenvalue weighted by Crippen LogP contribution is 2.22. The van der Waals surface area contributed by atoms with E-state index >= 15 is 0 Å². The molecule has 0 aliphatic carbocycles. The molecule has 9 heteroatoms. The topological polar surface area (TPSA) is 132 Å². The number of nitrogens with one attached hydrogen (secondary N) is 1. The van der Waals surface area contributed by atoms with Gasteiger partial charge < -0.3 is 40.2 Å². The molecule has 1 amide bonds. The van der Waals surface area contributed by atoms with E-state index < -0.39 is 12.0 Å². The normalized spacial score (nSPS) is 12.7. The molecule has 0 aromatic heterocycles. The highest BCUT2D eigenvalue weighted by molar-refractivity contribution is 5.95. The number of benzene rings is 2. The number of amides is 1. The number of carbonyl (C=O) groups is 1. The second-order valence-electron chi connectivity index (χ2n) is 6.83. The van der Waals surface area contributed by atoms with Gasteiger partial charge in [-0.25, -0.2) is 0 Å². The Balaban J connectivity index is 1.67. The zero-order valence-electron chi connectivity index (χ0n) is 17.7. The maximum atomic E-state index is 11.2. The molecule has 31 heavy (non-hydrogen) atoms. The molecule has 5 N–H and O–H groups in total. The minimum absolute atomic E-state index is 0.000898. The van der Waals surface area contributed by atoms with E-state index in [1.165, 1.54) is 12.1 Å². The fourth-order valence-corrected chi connectivity index (χ4v) is 2.59. The van der Waals surface area contributed by atoms with Crippen molar-refractivity contribution < 1.29 is 34.0 Å².